The van der Waals surface area contributed by atoms with E-state index >= 15 is 0 Å². The van der Waals surface area contributed by atoms with Gasteiger partial charge in [-0.3, -0.25) is 14.6 Å². The van der Waals surface area contributed by atoms with Crippen LogP contribution in [0.3, 0.4) is 0 Å². The van der Waals surface area contributed by atoms with Crippen molar-refractivity contribution in [3.05, 3.63) is 11.1 Å². The van der Waals surface area contributed by atoms with Crippen LogP contribution in [0, 0.1) is 5.92 Å². The normalized spacial score (nSPS) is 25.9. The van der Waals surface area contributed by atoms with Crippen LogP contribution in [0.2, 0.25) is 0 Å². The number of carbonyl (C=O) groups is 2. The zero-order valence-electron chi connectivity index (χ0n) is 16.0. The van der Waals surface area contributed by atoms with Crippen molar-refractivity contribution in [3.8, 4) is 0 Å². The van der Waals surface area contributed by atoms with E-state index in [4.69, 9.17) is 0 Å². The van der Waals surface area contributed by atoms with E-state index in [1.165, 1.54) is 12.1 Å². The summed E-state index contributed by atoms with van der Waals surface area (Å²) in [6, 6.07) is -0.265. The Morgan fingerprint density at radius 3 is 2.81 bits per heavy atom. The summed E-state index contributed by atoms with van der Waals surface area (Å²) in [4.78, 5) is 34.3. The van der Waals surface area contributed by atoms with E-state index < -0.39 is 0 Å². The number of amides is 2. The highest BCUT2D eigenvalue weighted by atomic mass is 32.2. The van der Waals surface area contributed by atoms with Gasteiger partial charge in [-0.15, -0.1) is 0 Å². The first-order chi connectivity index (χ1) is 13.2. The van der Waals surface area contributed by atoms with Crippen LogP contribution in [-0.4, -0.2) is 59.0 Å². The molecule has 27 heavy (non-hydrogen) atoms. The maximum Gasteiger partial charge on any atom is 0.242 e. The molecule has 0 aromatic heterocycles. The van der Waals surface area contributed by atoms with Gasteiger partial charge in [-0.05, 0) is 37.5 Å². The average Bonchev–Trinajstić information content (AvgIpc) is 3.36. The second kappa shape index (κ2) is 8.67. The number of thioether (sulfide) groups is 1. The van der Waals surface area contributed by atoms with E-state index in [-0.39, 0.29) is 23.8 Å². The molecule has 0 unspecified atom stereocenters. The lowest BCUT2D eigenvalue weighted by Crippen LogP contribution is -2.48. The van der Waals surface area contributed by atoms with E-state index in [0.717, 1.165) is 76.2 Å². The van der Waals surface area contributed by atoms with Crippen LogP contribution in [0.1, 0.15) is 57.8 Å². The van der Waals surface area contributed by atoms with Crippen LogP contribution in [0.15, 0.2) is 16.1 Å². The summed E-state index contributed by atoms with van der Waals surface area (Å²) >= 11 is 1.69. The Morgan fingerprint density at radius 1 is 1.11 bits per heavy atom. The quantitative estimate of drug-likeness (QED) is 0.784. The van der Waals surface area contributed by atoms with Gasteiger partial charge in [-0.25, -0.2) is 0 Å². The number of rotatable bonds is 5. The molecule has 0 spiro atoms. The van der Waals surface area contributed by atoms with Gasteiger partial charge < -0.3 is 15.1 Å². The Morgan fingerprint density at radius 2 is 1.96 bits per heavy atom. The number of amidine groups is 1. The van der Waals surface area contributed by atoms with Gasteiger partial charge in [0.15, 0.2) is 5.17 Å². The fraction of sp³-hybridized carbons (Fsp3) is 0.750. The molecular formula is C20H30N4O2S. The van der Waals surface area contributed by atoms with E-state index in [1.54, 1.807) is 11.8 Å². The summed E-state index contributed by atoms with van der Waals surface area (Å²) in [5.74, 6) is 0.386. The molecule has 4 rings (SSSR count). The number of carbonyl (C=O) groups excluding carboxylic acids is 2. The first-order valence-electron chi connectivity index (χ1n) is 10.5. The van der Waals surface area contributed by atoms with E-state index in [2.05, 4.69) is 20.6 Å². The maximum atomic E-state index is 12.9. The van der Waals surface area contributed by atoms with Crippen molar-refractivity contribution in [3.63, 3.8) is 0 Å². The smallest absolute Gasteiger partial charge is 0.242 e. The van der Waals surface area contributed by atoms with Gasteiger partial charge in [-0.2, -0.15) is 0 Å². The lowest BCUT2D eigenvalue weighted by Gasteiger charge is -2.30. The summed E-state index contributed by atoms with van der Waals surface area (Å²) in [5, 5.41) is 6.34. The molecule has 0 aromatic carbocycles. The zero-order chi connectivity index (χ0) is 18.6. The molecule has 0 radical (unpaired) electrons. The molecule has 7 heteroatoms. The number of likely N-dealkylation sites (tertiary alicyclic amines) is 1. The minimum Gasteiger partial charge on any atom is -0.354 e. The minimum absolute atomic E-state index is 0.0236. The van der Waals surface area contributed by atoms with Crippen molar-refractivity contribution < 1.29 is 9.59 Å². The largest absolute Gasteiger partial charge is 0.354 e. The first-order valence-corrected chi connectivity index (χ1v) is 11.4. The monoisotopic (exact) mass is 390 g/mol. The molecule has 3 aliphatic heterocycles. The summed E-state index contributed by atoms with van der Waals surface area (Å²) < 4.78 is 0. The molecule has 0 bridgehead atoms. The third kappa shape index (κ3) is 4.18. The van der Waals surface area contributed by atoms with Gasteiger partial charge in [0, 0.05) is 44.2 Å². The topological polar surface area (TPSA) is 65.0 Å². The Bertz CT molecular complexity index is 642. The third-order valence-electron chi connectivity index (χ3n) is 6.14. The van der Waals surface area contributed by atoms with Crippen molar-refractivity contribution in [2.75, 3.05) is 26.2 Å². The van der Waals surface area contributed by atoms with Gasteiger partial charge in [0.25, 0.3) is 0 Å². The summed E-state index contributed by atoms with van der Waals surface area (Å²) in [6.45, 7) is 3.31. The molecule has 2 fully saturated rings. The number of hydrogen-bond donors (Lipinski definition) is 1. The second-order valence-corrected chi connectivity index (χ2v) is 8.80. The number of nitrogens with one attached hydrogen (secondary N) is 1. The maximum absolute atomic E-state index is 12.9. The van der Waals surface area contributed by atoms with Crippen LogP contribution >= 0.6 is 11.8 Å². The molecular weight excluding hydrogens is 360 g/mol. The molecule has 2 amide bonds. The first kappa shape index (κ1) is 18.8. The third-order valence-corrected chi connectivity index (χ3v) is 7.09. The number of nitrogens with zero attached hydrogens (tertiary/aromatic N) is 3. The lowest BCUT2D eigenvalue weighted by molar-refractivity contribution is -0.142. The fourth-order valence-corrected chi connectivity index (χ4v) is 5.64. The number of fused-ring (bicyclic) bond motifs is 1. The van der Waals surface area contributed by atoms with Crippen LogP contribution in [-0.2, 0) is 9.59 Å². The SMILES string of the molecule is O=C(NCCC1=CSC2=NCCCN12)[C@@H]1CCCN1C(=O)C1CCCCC1. The summed E-state index contributed by atoms with van der Waals surface area (Å²) in [7, 11) is 0. The predicted octanol–water partition coefficient (Wildman–Crippen LogP) is 2.71. The zero-order valence-corrected chi connectivity index (χ0v) is 16.8. The Labute approximate surface area is 165 Å². The minimum atomic E-state index is -0.265. The van der Waals surface area contributed by atoms with Gasteiger partial charge >= 0.3 is 0 Å². The van der Waals surface area contributed by atoms with Crippen molar-refractivity contribution in [1.82, 2.24) is 15.1 Å². The van der Waals surface area contributed by atoms with Crippen molar-refractivity contribution in [1.29, 1.82) is 0 Å². The van der Waals surface area contributed by atoms with Crippen LogP contribution < -0.4 is 5.32 Å². The van der Waals surface area contributed by atoms with E-state index in [1.807, 2.05) is 4.90 Å². The van der Waals surface area contributed by atoms with Crippen molar-refractivity contribution in [2.45, 2.75) is 63.8 Å². The summed E-state index contributed by atoms with van der Waals surface area (Å²) in [6.07, 6.45) is 9.18. The van der Waals surface area contributed by atoms with E-state index in [9.17, 15) is 9.59 Å². The van der Waals surface area contributed by atoms with Crippen molar-refractivity contribution in [2.24, 2.45) is 10.9 Å². The number of hydrogen-bond acceptors (Lipinski definition) is 5. The van der Waals surface area contributed by atoms with E-state index in [0.29, 0.717) is 6.54 Å². The molecule has 0 aromatic rings. The average molecular weight is 391 g/mol. The molecule has 1 saturated heterocycles. The van der Waals surface area contributed by atoms with Crippen LogP contribution in [0.25, 0.3) is 0 Å². The molecule has 1 atom stereocenters. The highest BCUT2D eigenvalue weighted by Crippen LogP contribution is 2.31. The van der Waals surface area contributed by atoms with Gasteiger partial charge in [0.1, 0.15) is 6.04 Å². The summed E-state index contributed by atoms with van der Waals surface area (Å²) in [5.41, 5.74) is 1.25. The second-order valence-electron chi connectivity index (χ2n) is 7.96. The van der Waals surface area contributed by atoms with Gasteiger partial charge in [0.2, 0.25) is 11.8 Å². The Kier molecular flexibility index (Phi) is 6.05. The van der Waals surface area contributed by atoms with Gasteiger partial charge in [0.05, 0.1) is 0 Å². The highest BCUT2D eigenvalue weighted by molar-refractivity contribution is 8.16. The number of aliphatic imine (C=N–C) groups is 1. The molecule has 1 aliphatic carbocycles. The molecule has 1 N–H and O–H groups in total. The molecule has 4 aliphatic rings. The standard InChI is InChI=1S/C20H30N4O2S/c25-18(21-11-9-16-14-27-20-22-10-5-13-23(16)20)17-8-4-12-24(17)19(26)15-6-2-1-3-7-15/h14-15,17H,1-13H2,(H,21,25)/t17-/m0/s1. The van der Waals surface area contributed by atoms with Crippen LogP contribution in [0.5, 0.6) is 0 Å². The molecule has 1 saturated carbocycles. The molecule has 6 nitrogen and oxygen atoms in total. The molecule has 148 valence electrons. The van der Waals surface area contributed by atoms with Gasteiger partial charge in [-0.1, -0.05) is 31.0 Å². The fourth-order valence-electron chi connectivity index (χ4n) is 4.65. The Balaban J connectivity index is 1.27. The van der Waals surface area contributed by atoms with Crippen LogP contribution in [0.4, 0.5) is 0 Å². The highest BCUT2D eigenvalue weighted by Gasteiger charge is 2.37. The molecule has 3 heterocycles. The Hall–Kier alpha value is -1.50. The van der Waals surface area contributed by atoms with Crippen molar-refractivity contribution >= 4 is 28.7 Å². The lowest BCUT2D eigenvalue weighted by atomic mass is 9.88. The predicted molar refractivity (Wildman–Crippen MR) is 108 cm³/mol.